The summed E-state index contributed by atoms with van der Waals surface area (Å²) in [7, 11) is 0. The van der Waals surface area contributed by atoms with E-state index in [-0.39, 0.29) is 6.10 Å². The van der Waals surface area contributed by atoms with Gasteiger partial charge in [0.1, 0.15) is 6.10 Å². The summed E-state index contributed by atoms with van der Waals surface area (Å²) < 4.78 is 7.32. The summed E-state index contributed by atoms with van der Waals surface area (Å²) in [4.78, 5) is 13.4. The number of nitrogens with zero attached hydrogens (tertiary/aromatic N) is 1. The molecule has 0 saturated carbocycles. The number of carbonyl (C=O) groups is 1. The van der Waals surface area contributed by atoms with E-state index >= 15 is 0 Å². The van der Waals surface area contributed by atoms with Gasteiger partial charge < -0.3 is 14.3 Å². The summed E-state index contributed by atoms with van der Waals surface area (Å²) >= 11 is 0. The highest BCUT2D eigenvalue weighted by Gasteiger charge is 2.56. The molecule has 2 bridgehead atoms. The van der Waals surface area contributed by atoms with E-state index < -0.39 is 11.6 Å². The van der Waals surface area contributed by atoms with E-state index in [9.17, 15) is 9.90 Å². The molecule has 2 unspecified atom stereocenters. The summed E-state index contributed by atoms with van der Waals surface area (Å²) in [6.07, 6.45) is 6.94. The van der Waals surface area contributed by atoms with Crippen LogP contribution in [0, 0.1) is 0 Å². The minimum Gasteiger partial charge on any atom is -0.459 e. The molecule has 3 aliphatic rings. The third kappa shape index (κ3) is 3.01. The molecule has 5 rings (SSSR count). The highest BCUT2D eigenvalue weighted by molar-refractivity contribution is 5.85. The van der Waals surface area contributed by atoms with Gasteiger partial charge in [-0.3, -0.25) is 0 Å². The Hall–Kier alpha value is -2.17. The second-order valence-corrected chi connectivity index (χ2v) is 9.08. The van der Waals surface area contributed by atoms with Crippen molar-refractivity contribution in [2.75, 3.05) is 13.1 Å². The van der Waals surface area contributed by atoms with Crippen LogP contribution in [0.25, 0.3) is 0 Å². The van der Waals surface area contributed by atoms with Gasteiger partial charge in [0.25, 0.3) is 0 Å². The number of quaternary nitrogens is 1. The quantitative estimate of drug-likeness (QED) is 0.636. The molecule has 2 aromatic carbocycles. The SMILES string of the molecule is O=C(OC1CC2CC[C@H](C1)[N+]21CCCC1)C(O)(c1ccccc1)c1ccccc1. The van der Waals surface area contributed by atoms with Gasteiger partial charge in [-0.1, -0.05) is 60.7 Å². The number of benzene rings is 2. The molecule has 0 amide bonds. The Morgan fingerprint density at radius 3 is 1.83 bits per heavy atom. The van der Waals surface area contributed by atoms with Crippen molar-refractivity contribution >= 4 is 5.97 Å². The topological polar surface area (TPSA) is 46.5 Å². The number of ether oxygens (including phenoxy) is 1. The Balaban J connectivity index is 1.40. The number of esters is 1. The van der Waals surface area contributed by atoms with Crippen LogP contribution < -0.4 is 0 Å². The summed E-state index contributed by atoms with van der Waals surface area (Å²) in [5.41, 5.74) is -0.671. The van der Waals surface area contributed by atoms with E-state index in [4.69, 9.17) is 4.74 Å². The van der Waals surface area contributed by atoms with E-state index in [0.717, 1.165) is 12.8 Å². The number of aliphatic hydroxyl groups is 1. The Morgan fingerprint density at radius 1 is 0.862 bits per heavy atom. The maximum absolute atomic E-state index is 13.4. The van der Waals surface area contributed by atoms with E-state index in [2.05, 4.69) is 0 Å². The first-order chi connectivity index (χ1) is 14.1. The van der Waals surface area contributed by atoms with Crippen molar-refractivity contribution in [1.29, 1.82) is 0 Å². The number of hydrogen-bond acceptors (Lipinski definition) is 3. The molecule has 3 atom stereocenters. The molecule has 0 aliphatic carbocycles. The third-order valence-electron chi connectivity index (χ3n) is 7.71. The standard InChI is InChI=1S/C25H30NO3/c27-24(25(28,19-9-3-1-4-10-19)20-11-5-2-6-12-20)29-23-17-21-13-14-22(18-23)26(21)15-7-8-16-26/h1-6,9-12,21-23,28H,7-8,13-18H2/q+1/t21-,22?,23?/m1/s1. The lowest BCUT2D eigenvalue weighted by molar-refractivity contribution is -0.956. The molecule has 0 radical (unpaired) electrons. The zero-order chi connectivity index (χ0) is 19.9. The number of hydrogen-bond donors (Lipinski definition) is 1. The molecular weight excluding hydrogens is 362 g/mol. The van der Waals surface area contributed by atoms with Crippen LogP contribution in [-0.4, -0.2) is 46.8 Å². The number of carbonyl (C=O) groups excluding carboxylic acids is 1. The predicted octanol–water partition coefficient (Wildman–Crippen LogP) is 3.77. The lowest BCUT2D eigenvalue weighted by Crippen LogP contribution is -2.60. The van der Waals surface area contributed by atoms with E-state index in [1.165, 1.54) is 43.3 Å². The summed E-state index contributed by atoms with van der Waals surface area (Å²) in [5, 5.41) is 11.6. The lowest BCUT2D eigenvalue weighted by Gasteiger charge is -2.47. The zero-order valence-corrected chi connectivity index (χ0v) is 16.9. The van der Waals surface area contributed by atoms with Gasteiger partial charge in [0.05, 0.1) is 25.2 Å². The minimum atomic E-state index is -1.78. The van der Waals surface area contributed by atoms with Crippen molar-refractivity contribution in [3.05, 3.63) is 71.8 Å². The van der Waals surface area contributed by atoms with Crippen LogP contribution in [0.3, 0.4) is 0 Å². The van der Waals surface area contributed by atoms with Crippen molar-refractivity contribution < 1.29 is 19.1 Å². The van der Waals surface area contributed by atoms with E-state index in [1.807, 2.05) is 36.4 Å². The van der Waals surface area contributed by atoms with Crippen LogP contribution in [0.4, 0.5) is 0 Å². The Bertz CT molecular complexity index is 805. The van der Waals surface area contributed by atoms with Gasteiger partial charge in [0.15, 0.2) is 0 Å². The van der Waals surface area contributed by atoms with Gasteiger partial charge in [-0.15, -0.1) is 0 Å². The second kappa shape index (κ2) is 7.26. The first-order valence-corrected chi connectivity index (χ1v) is 11.0. The molecule has 4 heteroatoms. The fraction of sp³-hybridized carbons (Fsp3) is 0.480. The Kier molecular flexibility index (Phi) is 4.72. The maximum atomic E-state index is 13.4. The normalized spacial score (nSPS) is 27.8. The molecule has 2 aromatic rings. The second-order valence-electron chi connectivity index (χ2n) is 9.08. The molecular formula is C25H30NO3+. The van der Waals surface area contributed by atoms with Crippen molar-refractivity contribution in [2.24, 2.45) is 0 Å². The van der Waals surface area contributed by atoms with Gasteiger partial charge in [-0.25, -0.2) is 4.79 Å². The molecule has 3 saturated heterocycles. The predicted molar refractivity (Wildman–Crippen MR) is 111 cm³/mol. The molecule has 1 N–H and O–H groups in total. The summed E-state index contributed by atoms with van der Waals surface area (Å²) in [6.45, 7) is 2.60. The van der Waals surface area contributed by atoms with Crippen LogP contribution in [0.2, 0.25) is 0 Å². The largest absolute Gasteiger partial charge is 0.459 e. The van der Waals surface area contributed by atoms with Crippen molar-refractivity contribution in [3.8, 4) is 0 Å². The molecule has 3 fully saturated rings. The highest BCUT2D eigenvalue weighted by atomic mass is 16.6. The zero-order valence-electron chi connectivity index (χ0n) is 16.9. The van der Waals surface area contributed by atoms with Crippen molar-refractivity contribution in [1.82, 2.24) is 0 Å². The van der Waals surface area contributed by atoms with Crippen molar-refractivity contribution in [2.45, 2.75) is 62.3 Å². The minimum absolute atomic E-state index is 0.0942. The van der Waals surface area contributed by atoms with Crippen LogP contribution in [0.15, 0.2) is 60.7 Å². The lowest BCUT2D eigenvalue weighted by atomic mass is 9.86. The smallest absolute Gasteiger partial charge is 0.347 e. The van der Waals surface area contributed by atoms with Gasteiger partial charge >= 0.3 is 5.97 Å². The Morgan fingerprint density at radius 2 is 1.34 bits per heavy atom. The van der Waals surface area contributed by atoms with Crippen LogP contribution >= 0.6 is 0 Å². The van der Waals surface area contributed by atoms with Gasteiger partial charge in [0.2, 0.25) is 5.60 Å². The van der Waals surface area contributed by atoms with Crippen LogP contribution in [0.5, 0.6) is 0 Å². The Labute approximate surface area is 172 Å². The molecule has 3 aliphatic heterocycles. The fourth-order valence-electron chi connectivity index (χ4n) is 6.30. The van der Waals surface area contributed by atoms with E-state index in [1.54, 1.807) is 24.3 Å². The average molecular weight is 393 g/mol. The third-order valence-corrected chi connectivity index (χ3v) is 7.71. The summed E-state index contributed by atoms with van der Waals surface area (Å²) in [6, 6.07) is 19.6. The van der Waals surface area contributed by atoms with Crippen molar-refractivity contribution in [3.63, 3.8) is 0 Å². The number of rotatable bonds is 4. The number of piperidine rings is 1. The van der Waals surface area contributed by atoms with Crippen LogP contribution in [-0.2, 0) is 15.1 Å². The molecule has 4 nitrogen and oxygen atoms in total. The highest BCUT2D eigenvalue weighted by Crippen LogP contribution is 2.46. The average Bonchev–Trinajstić information content (AvgIpc) is 3.31. The van der Waals surface area contributed by atoms with Gasteiger partial charge in [-0.05, 0) is 11.1 Å². The first kappa shape index (κ1) is 18.8. The van der Waals surface area contributed by atoms with E-state index in [0.29, 0.717) is 23.2 Å². The monoisotopic (exact) mass is 392 g/mol. The molecule has 29 heavy (non-hydrogen) atoms. The molecule has 152 valence electrons. The fourth-order valence-corrected chi connectivity index (χ4v) is 6.30. The molecule has 3 heterocycles. The first-order valence-electron chi connectivity index (χ1n) is 11.0. The maximum Gasteiger partial charge on any atom is 0.347 e. The van der Waals surface area contributed by atoms with Crippen LogP contribution in [0.1, 0.15) is 49.7 Å². The van der Waals surface area contributed by atoms with Gasteiger partial charge in [-0.2, -0.15) is 0 Å². The molecule has 1 spiro atoms. The summed E-state index contributed by atoms with van der Waals surface area (Å²) in [5.74, 6) is -0.547. The molecule has 0 aromatic heterocycles. The van der Waals surface area contributed by atoms with Gasteiger partial charge in [0, 0.05) is 38.5 Å².